The van der Waals surface area contributed by atoms with Crippen molar-refractivity contribution in [2.24, 2.45) is 0 Å². The van der Waals surface area contributed by atoms with E-state index in [0.29, 0.717) is 6.54 Å². The van der Waals surface area contributed by atoms with Crippen LogP contribution in [0.1, 0.15) is 26.7 Å². The number of ether oxygens (including phenoxy) is 1. The van der Waals surface area contributed by atoms with Crippen LogP contribution in [0.5, 0.6) is 0 Å². The molecular formula is C9H18FNO. The van der Waals surface area contributed by atoms with Crippen molar-refractivity contribution in [3.8, 4) is 0 Å². The minimum atomic E-state index is -0.838. The number of hydrogen-bond donors (Lipinski definition) is 1. The molecule has 1 saturated heterocycles. The summed E-state index contributed by atoms with van der Waals surface area (Å²) in [5.74, 6) is 0. The fraction of sp³-hybridized carbons (Fsp3) is 1.00. The molecule has 1 N–H and O–H groups in total. The van der Waals surface area contributed by atoms with Crippen molar-refractivity contribution >= 4 is 0 Å². The molecule has 0 spiro atoms. The van der Waals surface area contributed by atoms with Gasteiger partial charge in [0.2, 0.25) is 0 Å². The molecule has 0 amide bonds. The van der Waals surface area contributed by atoms with Crippen LogP contribution in [0, 0.1) is 0 Å². The predicted octanol–water partition coefficient (Wildman–Crippen LogP) is 1.50. The van der Waals surface area contributed by atoms with Crippen LogP contribution in [0.3, 0.4) is 0 Å². The average Bonchev–Trinajstić information content (AvgIpc) is 2.16. The highest BCUT2D eigenvalue weighted by Gasteiger charge is 2.24. The van der Waals surface area contributed by atoms with Crippen LogP contribution in [-0.4, -0.2) is 31.5 Å². The summed E-state index contributed by atoms with van der Waals surface area (Å²) < 4.78 is 18.7. The maximum absolute atomic E-state index is 13.3. The Balaban J connectivity index is 2.36. The highest BCUT2D eigenvalue weighted by molar-refractivity contribution is 4.76. The summed E-state index contributed by atoms with van der Waals surface area (Å²) in [7, 11) is 0. The first-order valence-electron chi connectivity index (χ1n) is 4.70. The summed E-state index contributed by atoms with van der Waals surface area (Å²) in [6, 6.07) is 0. The Hall–Kier alpha value is -0.150. The molecule has 0 radical (unpaired) electrons. The zero-order valence-corrected chi connectivity index (χ0v) is 7.85. The first kappa shape index (κ1) is 9.93. The first-order valence-corrected chi connectivity index (χ1v) is 4.70. The van der Waals surface area contributed by atoms with Crippen LogP contribution >= 0.6 is 0 Å². The van der Waals surface area contributed by atoms with Gasteiger partial charge < -0.3 is 10.1 Å². The van der Waals surface area contributed by atoms with Gasteiger partial charge in [-0.1, -0.05) is 0 Å². The average molecular weight is 175 g/mol. The van der Waals surface area contributed by atoms with E-state index in [4.69, 9.17) is 4.74 Å². The molecule has 1 aliphatic rings. The maximum atomic E-state index is 13.3. The number of hydrogen-bond acceptors (Lipinski definition) is 2. The minimum Gasteiger partial charge on any atom is -0.372 e. The van der Waals surface area contributed by atoms with Gasteiger partial charge in [0, 0.05) is 6.54 Å². The van der Waals surface area contributed by atoms with E-state index in [0.717, 1.165) is 19.4 Å². The lowest BCUT2D eigenvalue weighted by Gasteiger charge is -2.21. The second kappa shape index (κ2) is 4.77. The molecule has 1 aliphatic heterocycles. The van der Waals surface area contributed by atoms with Gasteiger partial charge >= 0.3 is 0 Å². The quantitative estimate of drug-likeness (QED) is 0.686. The third-order valence-electron chi connectivity index (χ3n) is 2.03. The topological polar surface area (TPSA) is 21.3 Å². The number of nitrogens with one attached hydrogen (secondary N) is 1. The lowest BCUT2D eigenvalue weighted by atomic mass is 10.1. The highest BCUT2D eigenvalue weighted by Crippen LogP contribution is 2.14. The van der Waals surface area contributed by atoms with Gasteiger partial charge in [-0.3, -0.25) is 0 Å². The van der Waals surface area contributed by atoms with E-state index in [9.17, 15) is 4.39 Å². The maximum Gasteiger partial charge on any atom is 0.138 e. The smallest absolute Gasteiger partial charge is 0.138 e. The van der Waals surface area contributed by atoms with Gasteiger partial charge in [-0.05, 0) is 33.2 Å². The molecule has 1 heterocycles. The Morgan fingerprint density at radius 3 is 2.92 bits per heavy atom. The van der Waals surface area contributed by atoms with Crippen LogP contribution in [0.4, 0.5) is 4.39 Å². The summed E-state index contributed by atoms with van der Waals surface area (Å²) in [5, 5.41) is 3.05. The monoisotopic (exact) mass is 175 g/mol. The summed E-state index contributed by atoms with van der Waals surface area (Å²) in [5.41, 5.74) is 0. The second-order valence-corrected chi connectivity index (χ2v) is 3.59. The molecule has 3 heteroatoms. The van der Waals surface area contributed by atoms with Crippen molar-refractivity contribution in [3.05, 3.63) is 0 Å². The zero-order chi connectivity index (χ0) is 8.97. The Morgan fingerprint density at radius 1 is 1.50 bits per heavy atom. The zero-order valence-electron chi connectivity index (χ0n) is 7.85. The summed E-state index contributed by atoms with van der Waals surface area (Å²) in [4.78, 5) is 0. The fourth-order valence-corrected chi connectivity index (χ4v) is 1.48. The van der Waals surface area contributed by atoms with Gasteiger partial charge in [-0.25, -0.2) is 4.39 Å². The van der Waals surface area contributed by atoms with Crippen LogP contribution in [-0.2, 0) is 4.74 Å². The van der Waals surface area contributed by atoms with E-state index in [-0.39, 0.29) is 12.2 Å². The summed E-state index contributed by atoms with van der Waals surface area (Å²) in [6.07, 6.45) is 0.950. The first-order chi connectivity index (χ1) is 5.70. The molecule has 0 saturated carbocycles. The molecule has 1 fully saturated rings. The second-order valence-electron chi connectivity index (χ2n) is 3.59. The van der Waals surface area contributed by atoms with Gasteiger partial charge in [0.1, 0.15) is 6.17 Å². The van der Waals surface area contributed by atoms with E-state index in [2.05, 4.69) is 5.32 Å². The Bertz CT molecular complexity index is 130. The van der Waals surface area contributed by atoms with E-state index < -0.39 is 6.17 Å². The number of rotatable bonds is 2. The minimum absolute atomic E-state index is 0.131. The van der Waals surface area contributed by atoms with E-state index in [1.807, 2.05) is 13.8 Å². The molecule has 0 aliphatic carbocycles. The Kier molecular flexibility index (Phi) is 3.95. The third kappa shape index (κ3) is 3.07. The van der Waals surface area contributed by atoms with E-state index in [1.54, 1.807) is 0 Å². The van der Waals surface area contributed by atoms with Crippen LogP contribution in [0.2, 0.25) is 0 Å². The lowest BCUT2D eigenvalue weighted by molar-refractivity contribution is -0.0363. The van der Waals surface area contributed by atoms with Gasteiger partial charge in [0.05, 0.1) is 12.2 Å². The van der Waals surface area contributed by atoms with Crippen LogP contribution < -0.4 is 5.32 Å². The van der Waals surface area contributed by atoms with Crippen molar-refractivity contribution in [1.82, 2.24) is 5.32 Å². The molecule has 2 atom stereocenters. The third-order valence-corrected chi connectivity index (χ3v) is 2.03. The largest absolute Gasteiger partial charge is 0.372 e. The van der Waals surface area contributed by atoms with E-state index >= 15 is 0 Å². The molecule has 72 valence electrons. The number of alkyl halides is 1. The van der Waals surface area contributed by atoms with Crippen molar-refractivity contribution in [3.63, 3.8) is 0 Å². The molecule has 0 bridgehead atoms. The summed E-state index contributed by atoms with van der Waals surface area (Å²) >= 11 is 0. The molecule has 0 aromatic rings. The molecule has 0 aromatic carbocycles. The molecule has 0 aromatic heterocycles. The SMILES string of the molecule is CC(C)OC1CCCNCC1F. The summed E-state index contributed by atoms with van der Waals surface area (Å²) in [6.45, 7) is 5.26. The van der Waals surface area contributed by atoms with Crippen LogP contribution in [0.15, 0.2) is 0 Å². The Morgan fingerprint density at radius 2 is 2.25 bits per heavy atom. The van der Waals surface area contributed by atoms with Gasteiger partial charge in [0.25, 0.3) is 0 Å². The predicted molar refractivity (Wildman–Crippen MR) is 47.0 cm³/mol. The fourth-order valence-electron chi connectivity index (χ4n) is 1.48. The van der Waals surface area contributed by atoms with Crippen molar-refractivity contribution < 1.29 is 9.13 Å². The van der Waals surface area contributed by atoms with Crippen molar-refractivity contribution in [2.75, 3.05) is 13.1 Å². The molecule has 2 unspecified atom stereocenters. The van der Waals surface area contributed by atoms with Gasteiger partial charge in [-0.15, -0.1) is 0 Å². The van der Waals surface area contributed by atoms with Crippen molar-refractivity contribution in [2.45, 2.75) is 45.1 Å². The highest BCUT2D eigenvalue weighted by atomic mass is 19.1. The Labute approximate surface area is 73.5 Å². The normalized spacial score (nSPS) is 32.0. The molecule has 1 rings (SSSR count). The molecular weight excluding hydrogens is 157 g/mol. The van der Waals surface area contributed by atoms with Crippen molar-refractivity contribution in [1.29, 1.82) is 0 Å². The lowest BCUT2D eigenvalue weighted by Crippen LogP contribution is -2.33. The van der Waals surface area contributed by atoms with Gasteiger partial charge in [0.15, 0.2) is 0 Å². The number of halogens is 1. The van der Waals surface area contributed by atoms with Crippen LogP contribution in [0.25, 0.3) is 0 Å². The molecule has 2 nitrogen and oxygen atoms in total. The standard InChI is InChI=1S/C9H18FNO/c1-7(2)12-9-4-3-5-11-6-8(9)10/h7-9,11H,3-6H2,1-2H3. The molecule has 12 heavy (non-hydrogen) atoms. The van der Waals surface area contributed by atoms with Gasteiger partial charge in [-0.2, -0.15) is 0 Å². The van der Waals surface area contributed by atoms with E-state index in [1.165, 1.54) is 0 Å².